The van der Waals surface area contributed by atoms with Gasteiger partial charge in [-0.05, 0) is 64.4 Å². The second-order valence-corrected chi connectivity index (χ2v) is 9.84. The quantitative estimate of drug-likeness (QED) is 0.300. The number of carbonyl (C=O) groups excluding carboxylic acids is 1. The van der Waals surface area contributed by atoms with Crippen LogP contribution in [0.1, 0.15) is 45.0 Å². The number of nitrogens with zero attached hydrogens (tertiary/aromatic N) is 3. The number of pyridine rings is 2. The first kappa shape index (κ1) is 24.6. The van der Waals surface area contributed by atoms with Crippen LogP contribution >= 0.6 is 0 Å². The van der Waals surface area contributed by atoms with Crippen molar-refractivity contribution in [3.8, 4) is 0 Å². The van der Waals surface area contributed by atoms with E-state index in [1.807, 2.05) is 45.0 Å². The van der Waals surface area contributed by atoms with Gasteiger partial charge in [0.25, 0.3) is 0 Å². The topological polar surface area (TPSA) is 67.3 Å². The highest BCUT2D eigenvalue weighted by molar-refractivity contribution is 5.79. The number of nitrogens with one attached hydrogen (secondary N) is 1. The van der Waals surface area contributed by atoms with E-state index in [1.165, 1.54) is 0 Å². The van der Waals surface area contributed by atoms with E-state index in [1.54, 1.807) is 0 Å². The van der Waals surface area contributed by atoms with Crippen LogP contribution in [-0.2, 0) is 17.8 Å². The summed E-state index contributed by atoms with van der Waals surface area (Å²) in [6.07, 6.45) is 1.44. The van der Waals surface area contributed by atoms with Gasteiger partial charge in [-0.25, -0.2) is 4.79 Å². The standard InChI is InChI=1S/C29H34N4O2/c1-29(2,3)35-28(34)30-18-8-9-19-33(20-24-16-14-22-10-4-6-12-26(22)31-24)21-25-17-15-23-11-5-7-13-27(23)32-25/h4-7,10-17H,8-9,18-21H2,1-3H3,(H,30,34). The second-order valence-electron chi connectivity index (χ2n) is 9.84. The Balaban J connectivity index is 1.40. The van der Waals surface area contributed by atoms with Gasteiger partial charge in [0.2, 0.25) is 0 Å². The maximum absolute atomic E-state index is 11.9. The molecule has 2 aromatic carbocycles. The van der Waals surface area contributed by atoms with Crippen molar-refractivity contribution < 1.29 is 9.53 Å². The minimum Gasteiger partial charge on any atom is -0.444 e. The van der Waals surface area contributed by atoms with Gasteiger partial charge in [-0.2, -0.15) is 0 Å². The molecular formula is C29H34N4O2. The van der Waals surface area contributed by atoms with Gasteiger partial charge < -0.3 is 10.1 Å². The van der Waals surface area contributed by atoms with Crippen molar-refractivity contribution in [3.05, 3.63) is 84.2 Å². The fourth-order valence-electron chi connectivity index (χ4n) is 4.03. The molecule has 1 N–H and O–H groups in total. The summed E-state index contributed by atoms with van der Waals surface area (Å²) < 4.78 is 5.32. The fraction of sp³-hybridized carbons (Fsp3) is 0.345. The van der Waals surface area contributed by atoms with E-state index in [4.69, 9.17) is 14.7 Å². The van der Waals surface area contributed by atoms with Gasteiger partial charge in [-0.1, -0.05) is 48.5 Å². The fourth-order valence-corrected chi connectivity index (χ4v) is 4.03. The van der Waals surface area contributed by atoms with E-state index in [2.05, 4.69) is 58.7 Å². The Hall–Kier alpha value is -3.51. The third-order valence-corrected chi connectivity index (χ3v) is 5.65. The highest BCUT2D eigenvalue weighted by Gasteiger charge is 2.15. The molecule has 0 atom stereocenters. The highest BCUT2D eigenvalue weighted by Crippen LogP contribution is 2.17. The van der Waals surface area contributed by atoms with Crippen molar-refractivity contribution in [1.82, 2.24) is 20.2 Å². The number of amides is 1. The predicted octanol–water partition coefficient (Wildman–Crippen LogP) is 6.09. The smallest absolute Gasteiger partial charge is 0.407 e. The second kappa shape index (κ2) is 11.3. The van der Waals surface area contributed by atoms with E-state index in [0.717, 1.165) is 65.7 Å². The summed E-state index contributed by atoms with van der Waals surface area (Å²) >= 11 is 0. The lowest BCUT2D eigenvalue weighted by molar-refractivity contribution is 0.0526. The number of para-hydroxylation sites is 2. The minimum atomic E-state index is -0.486. The summed E-state index contributed by atoms with van der Waals surface area (Å²) in [6.45, 7) is 8.53. The zero-order valence-corrected chi connectivity index (χ0v) is 20.8. The zero-order valence-electron chi connectivity index (χ0n) is 20.8. The average molecular weight is 471 g/mol. The number of aromatic nitrogens is 2. The molecule has 2 aromatic heterocycles. The van der Waals surface area contributed by atoms with Crippen molar-refractivity contribution >= 4 is 27.9 Å². The Morgan fingerprint density at radius 1 is 0.800 bits per heavy atom. The number of hydrogen-bond acceptors (Lipinski definition) is 5. The average Bonchev–Trinajstić information content (AvgIpc) is 2.82. The molecule has 0 aliphatic rings. The van der Waals surface area contributed by atoms with E-state index >= 15 is 0 Å². The van der Waals surface area contributed by atoms with Crippen LogP contribution in [0, 0.1) is 0 Å². The first-order valence-electron chi connectivity index (χ1n) is 12.2. The number of hydrogen-bond donors (Lipinski definition) is 1. The molecule has 0 spiro atoms. The first-order chi connectivity index (χ1) is 16.9. The molecule has 0 saturated heterocycles. The van der Waals surface area contributed by atoms with Gasteiger partial charge >= 0.3 is 6.09 Å². The van der Waals surface area contributed by atoms with Crippen LogP contribution in [0.15, 0.2) is 72.8 Å². The molecule has 0 aliphatic carbocycles. The third kappa shape index (κ3) is 7.49. The number of fused-ring (bicyclic) bond motifs is 2. The largest absolute Gasteiger partial charge is 0.444 e. The van der Waals surface area contributed by atoms with Crippen LogP contribution < -0.4 is 5.32 Å². The highest BCUT2D eigenvalue weighted by atomic mass is 16.6. The number of carbonyl (C=O) groups is 1. The van der Waals surface area contributed by atoms with Crippen LogP contribution in [0.3, 0.4) is 0 Å². The molecule has 6 nitrogen and oxygen atoms in total. The monoisotopic (exact) mass is 470 g/mol. The molecule has 0 bridgehead atoms. The number of benzene rings is 2. The summed E-state index contributed by atoms with van der Waals surface area (Å²) in [7, 11) is 0. The number of ether oxygens (including phenoxy) is 1. The summed E-state index contributed by atoms with van der Waals surface area (Å²) in [5.41, 5.74) is 3.61. The molecule has 4 aromatic rings. The zero-order chi connectivity index (χ0) is 24.7. The maximum Gasteiger partial charge on any atom is 0.407 e. The van der Waals surface area contributed by atoms with E-state index in [0.29, 0.717) is 6.54 Å². The Morgan fingerprint density at radius 3 is 1.89 bits per heavy atom. The Kier molecular flexibility index (Phi) is 7.93. The summed E-state index contributed by atoms with van der Waals surface area (Å²) in [4.78, 5) is 24.0. The summed E-state index contributed by atoms with van der Waals surface area (Å²) in [5, 5.41) is 5.14. The van der Waals surface area contributed by atoms with Gasteiger partial charge in [0, 0.05) is 30.4 Å². The predicted molar refractivity (Wildman–Crippen MR) is 141 cm³/mol. The van der Waals surface area contributed by atoms with E-state index < -0.39 is 5.60 Å². The van der Waals surface area contributed by atoms with Crippen LogP contribution in [0.2, 0.25) is 0 Å². The molecule has 35 heavy (non-hydrogen) atoms. The van der Waals surface area contributed by atoms with Crippen molar-refractivity contribution in [2.45, 2.75) is 52.3 Å². The lowest BCUT2D eigenvalue weighted by atomic mass is 10.1. The Morgan fingerprint density at radius 2 is 1.34 bits per heavy atom. The number of rotatable bonds is 9. The van der Waals surface area contributed by atoms with Crippen molar-refractivity contribution in [2.24, 2.45) is 0 Å². The van der Waals surface area contributed by atoms with Crippen LogP contribution in [0.5, 0.6) is 0 Å². The van der Waals surface area contributed by atoms with Gasteiger partial charge in [0.05, 0.1) is 22.4 Å². The van der Waals surface area contributed by atoms with Crippen LogP contribution in [-0.4, -0.2) is 39.7 Å². The van der Waals surface area contributed by atoms with Crippen molar-refractivity contribution in [3.63, 3.8) is 0 Å². The Labute approximate surface area is 207 Å². The molecule has 0 aliphatic heterocycles. The number of unbranched alkanes of at least 4 members (excludes halogenated alkanes) is 1. The third-order valence-electron chi connectivity index (χ3n) is 5.65. The van der Waals surface area contributed by atoms with Crippen molar-refractivity contribution in [2.75, 3.05) is 13.1 Å². The molecule has 0 radical (unpaired) electrons. The van der Waals surface area contributed by atoms with Gasteiger partial charge in [0.15, 0.2) is 0 Å². The van der Waals surface area contributed by atoms with Crippen molar-refractivity contribution in [1.29, 1.82) is 0 Å². The maximum atomic E-state index is 11.9. The van der Waals surface area contributed by atoms with Crippen LogP contribution in [0.4, 0.5) is 4.79 Å². The first-order valence-corrected chi connectivity index (χ1v) is 12.2. The van der Waals surface area contributed by atoms with Crippen LogP contribution in [0.25, 0.3) is 21.8 Å². The molecule has 6 heteroatoms. The lowest BCUT2D eigenvalue weighted by Crippen LogP contribution is -2.33. The van der Waals surface area contributed by atoms with Gasteiger partial charge in [0.1, 0.15) is 5.60 Å². The SMILES string of the molecule is CC(C)(C)OC(=O)NCCCCN(Cc1ccc2ccccc2n1)Cc1ccc2ccccc2n1. The molecule has 4 rings (SSSR count). The molecule has 0 saturated carbocycles. The minimum absolute atomic E-state index is 0.366. The Bertz CT molecular complexity index is 1200. The summed E-state index contributed by atoms with van der Waals surface area (Å²) in [5.74, 6) is 0. The molecule has 182 valence electrons. The van der Waals surface area contributed by atoms with Gasteiger partial charge in [-0.3, -0.25) is 14.9 Å². The molecule has 2 heterocycles. The van der Waals surface area contributed by atoms with E-state index in [9.17, 15) is 4.79 Å². The lowest BCUT2D eigenvalue weighted by Gasteiger charge is -2.22. The summed E-state index contributed by atoms with van der Waals surface area (Å²) in [6, 6.07) is 24.9. The molecule has 1 amide bonds. The number of alkyl carbamates (subject to hydrolysis) is 1. The van der Waals surface area contributed by atoms with E-state index in [-0.39, 0.29) is 6.09 Å². The molecular weight excluding hydrogens is 436 g/mol. The molecule has 0 unspecified atom stereocenters. The normalized spacial score (nSPS) is 11.8. The van der Waals surface area contributed by atoms with Gasteiger partial charge in [-0.15, -0.1) is 0 Å². The molecule has 0 fully saturated rings.